The van der Waals surface area contributed by atoms with E-state index in [-0.39, 0.29) is 6.42 Å². The van der Waals surface area contributed by atoms with Gasteiger partial charge in [0.25, 0.3) is 0 Å². The molecule has 3 atom stereocenters. The predicted molar refractivity (Wildman–Crippen MR) is 214 cm³/mol. The minimum Gasteiger partial charge on any atom is -0.458 e. The average molecular weight is 769 g/mol. The van der Waals surface area contributed by atoms with E-state index in [2.05, 4.69) is 54.8 Å². The van der Waals surface area contributed by atoms with Gasteiger partial charge in [0.1, 0.15) is 12.7 Å². The van der Waals surface area contributed by atoms with E-state index in [4.69, 9.17) is 19.1 Å². The summed E-state index contributed by atoms with van der Waals surface area (Å²) in [4.78, 5) is 34.8. The number of phosphoric ester groups is 1. The molecule has 0 heterocycles. The summed E-state index contributed by atoms with van der Waals surface area (Å²) >= 11 is 0. The second kappa shape index (κ2) is 38.0. The first kappa shape index (κ1) is 50.7. The van der Waals surface area contributed by atoms with Crippen LogP contribution in [0.3, 0.4) is 0 Å². The van der Waals surface area contributed by atoms with Crippen LogP contribution in [-0.2, 0) is 32.7 Å². The van der Waals surface area contributed by atoms with Crippen LogP contribution in [0.5, 0.6) is 0 Å². The molecule has 0 saturated carbocycles. The Bertz CT molecular complexity index is 1070. The molecule has 10 nitrogen and oxygen atoms in total. The summed E-state index contributed by atoms with van der Waals surface area (Å²) in [5, 5.41) is 18.3. The van der Waals surface area contributed by atoms with E-state index in [1.165, 1.54) is 70.3 Å². The van der Waals surface area contributed by atoms with Crippen molar-refractivity contribution < 1.29 is 47.8 Å². The van der Waals surface area contributed by atoms with Crippen molar-refractivity contribution in [2.75, 3.05) is 26.4 Å². The second-order valence-electron chi connectivity index (χ2n) is 13.4. The molecule has 0 aliphatic carbocycles. The van der Waals surface area contributed by atoms with Crippen molar-refractivity contribution in [2.24, 2.45) is 0 Å². The Morgan fingerprint density at radius 3 is 1.77 bits per heavy atom. The molecule has 3 N–H and O–H groups in total. The van der Waals surface area contributed by atoms with Gasteiger partial charge in [-0.25, -0.2) is 9.36 Å². The molecule has 1 unspecified atom stereocenters. The van der Waals surface area contributed by atoms with Crippen LogP contribution in [0.2, 0.25) is 0 Å². The first-order chi connectivity index (χ1) is 25.7. The molecule has 0 bridgehead atoms. The topological polar surface area (TPSA) is 149 Å². The molecule has 0 aromatic rings. The molecule has 0 amide bonds. The first-order valence-electron chi connectivity index (χ1n) is 20.3. The van der Waals surface area contributed by atoms with Gasteiger partial charge in [-0.15, -0.1) is 0 Å². The number of allylic oxidation sites excluding steroid dienone is 9. The highest BCUT2D eigenvalue weighted by Gasteiger charge is 2.27. The highest BCUT2D eigenvalue weighted by Crippen LogP contribution is 2.43. The van der Waals surface area contributed by atoms with Crippen molar-refractivity contribution in [2.45, 2.75) is 167 Å². The zero-order valence-corrected chi connectivity index (χ0v) is 33.9. The molecule has 53 heavy (non-hydrogen) atoms. The van der Waals surface area contributed by atoms with Crippen LogP contribution in [0.25, 0.3) is 0 Å². The van der Waals surface area contributed by atoms with Crippen LogP contribution in [0.1, 0.15) is 155 Å². The number of carbonyl (C=O) groups is 2. The summed E-state index contributed by atoms with van der Waals surface area (Å²) in [6, 6.07) is 0. The molecule has 0 aromatic carbocycles. The number of hydrogen-bond donors (Lipinski definition) is 3. The molecule has 0 aromatic heterocycles. The van der Waals surface area contributed by atoms with Crippen molar-refractivity contribution in [3.8, 4) is 0 Å². The summed E-state index contributed by atoms with van der Waals surface area (Å²) in [5.74, 6) is -1.20. The van der Waals surface area contributed by atoms with E-state index in [1.54, 1.807) is 12.2 Å². The van der Waals surface area contributed by atoms with Gasteiger partial charge < -0.3 is 24.6 Å². The normalized spacial score (nSPS) is 14.6. The highest BCUT2D eigenvalue weighted by atomic mass is 31.2. The van der Waals surface area contributed by atoms with Crippen LogP contribution in [0.15, 0.2) is 60.8 Å². The summed E-state index contributed by atoms with van der Waals surface area (Å²) < 4.78 is 32.4. The first-order valence-corrected chi connectivity index (χ1v) is 21.8. The zero-order valence-electron chi connectivity index (χ0n) is 33.0. The Morgan fingerprint density at radius 2 is 1.17 bits per heavy atom. The molecular formula is C42H73O10P. The molecule has 0 aliphatic heterocycles. The molecule has 11 heteroatoms. The number of rotatable bonds is 37. The maximum absolute atomic E-state index is 12.6. The minimum absolute atomic E-state index is 0.143. The maximum Gasteiger partial charge on any atom is 0.472 e. The lowest BCUT2D eigenvalue weighted by atomic mass is 10.1. The Morgan fingerprint density at radius 1 is 0.642 bits per heavy atom. The standard InChI is InChI=1S/C42H73O10P/c1-3-5-7-9-11-13-15-17-19-21-23-25-27-29-31-33-41(45)49-37-40(38-51-53(47,48)50-36-39(44)35-43)52-42(46)34-32-30-28-26-24-22-20-18-16-14-12-10-8-6-4-2/h6,8,12,14,18,20,27,29,31,33,39-40,43-44H,3-5,7,9-11,13,15-17,19,21-26,28,30,32,34-38H2,1-2H3,(H,47,48)/b8-6+,14-12+,20-18+,29-27+,33-31+/t39-,40+/m0/s1. The third-order valence-corrected chi connectivity index (χ3v) is 9.21. The van der Waals surface area contributed by atoms with Gasteiger partial charge in [0.2, 0.25) is 0 Å². The van der Waals surface area contributed by atoms with Crippen LogP contribution in [0, 0.1) is 0 Å². The van der Waals surface area contributed by atoms with Crippen molar-refractivity contribution >= 4 is 19.8 Å². The molecule has 0 saturated heterocycles. The fourth-order valence-corrected chi connectivity index (χ4v) is 5.95. The van der Waals surface area contributed by atoms with Gasteiger partial charge in [0, 0.05) is 12.5 Å². The van der Waals surface area contributed by atoms with Gasteiger partial charge in [-0.3, -0.25) is 13.8 Å². The Hall–Kier alpha value is -2.33. The number of phosphoric acid groups is 1. The number of carbonyl (C=O) groups excluding carboxylic acids is 2. The zero-order chi connectivity index (χ0) is 39.1. The number of aliphatic hydroxyl groups excluding tert-OH is 2. The predicted octanol–water partition coefficient (Wildman–Crippen LogP) is 10.3. The van der Waals surface area contributed by atoms with Crippen LogP contribution >= 0.6 is 7.82 Å². The Kier molecular flexibility index (Phi) is 36.3. The monoisotopic (exact) mass is 768 g/mol. The van der Waals surface area contributed by atoms with Crippen LogP contribution in [0.4, 0.5) is 0 Å². The smallest absolute Gasteiger partial charge is 0.458 e. The second-order valence-corrected chi connectivity index (χ2v) is 14.8. The van der Waals surface area contributed by atoms with Gasteiger partial charge in [-0.05, 0) is 51.4 Å². The van der Waals surface area contributed by atoms with Crippen LogP contribution < -0.4 is 0 Å². The third kappa shape index (κ3) is 37.8. The summed E-state index contributed by atoms with van der Waals surface area (Å²) in [6.45, 7) is 2.10. The van der Waals surface area contributed by atoms with Crippen molar-refractivity contribution in [3.05, 3.63) is 60.8 Å². The van der Waals surface area contributed by atoms with E-state index < -0.39 is 58.4 Å². The van der Waals surface area contributed by atoms with E-state index in [0.717, 1.165) is 64.2 Å². The lowest BCUT2D eigenvalue weighted by Crippen LogP contribution is -2.29. The average Bonchev–Trinajstić information content (AvgIpc) is 3.14. The number of hydrogen-bond acceptors (Lipinski definition) is 9. The molecule has 0 spiro atoms. The highest BCUT2D eigenvalue weighted by molar-refractivity contribution is 7.47. The van der Waals surface area contributed by atoms with E-state index in [1.807, 2.05) is 6.08 Å². The van der Waals surface area contributed by atoms with Gasteiger partial charge in [0.05, 0.1) is 19.8 Å². The number of unbranched alkanes of at least 4 members (excludes halogenated alkanes) is 16. The quantitative estimate of drug-likeness (QED) is 0.0139. The van der Waals surface area contributed by atoms with Gasteiger partial charge in [-0.2, -0.15) is 0 Å². The van der Waals surface area contributed by atoms with Crippen LogP contribution in [-0.4, -0.2) is 65.7 Å². The lowest BCUT2D eigenvalue weighted by molar-refractivity contribution is -0.159. The SMILES string of the molecule is CC/C=C/C/C=C/C/C=C/CCCCCCCC(=O)O[C@H](COC(=O)/C=C/C=C/CCCCCCCCCCCCC)COP(=O)(O)OC[C@@H](O)CO. The van der Waals surface area contributed by atoms with Crippen molar-refractivity contribution in [1.29, 1.82) is 0 Å². The van der Waals surface area contributed by atoms with Gasteiger partial charge in [-0.1, -0.05) is 152 Å². The number of esters is 2. The number of ether oxygens (including phenoxy) is 2. The minimum atomic E-state index is -4.64. The molecule has 0 aliphatic rings. The molecule has 306 valence electrons. The fourth-order valence-electron chi connectivity index (χ4n) is 5.16. The Labute approximate surface area is 321 Å². The molecule has 0 fully saturated rings. The largest absolute Gasteiger partial charge is 0.472 e. The molecule has 0 rings (SSSR count). The summed E-state index contributed by atoms with van der Waals surface area (Å²) in [7, 11) is -4.64. The maximum atomic E-state index is 12.6. The van der Waals surface area contributed by atoms with E-state index in [0.29, 0.717) is 6.42 Å². The Balaban J connectivity index is 4.47. The lowest BCUT2D eigenvalue weighted by Gasteiger charge is -2.20. The third-order valence-electron chi connectivity index (χ3n) is 8.26. The van der Waals surface area contributed by atoms with Crippen molar-refractivity contribution in [1.82, 2.24) is 0 Å². The molecular weight excluding hydrogens is 695 g/mol. The summed E-state index contributed by atoms with van der Waals surface area (Å²) in [6.07, 6.45) is 41.1. The fraction of sp³-hybridized carbons (Fsp3) is 0.714. The van der Waals surface area contributed by atoms with Gasteiger partial charge >= 0.3 is 19.8 Å². The van der Waals surface area contributed by atoms with Gasteiger partial charge in [0.15, 0.2) is 6.10 Å². The summed E-state index contributed by atoms with van der Waals surface area (Å²) in [5.41, 5.74) is 0. The van der Waals surface area contributed by atoms with E-state index >= 15 is 0 Å². The number of aliphatic hydroxyl groups is 2. The van der Waals surface area contributed by atoms with E-state index in [9.17, 15) is 24.2 Å². The van der Waals surface area contributed by atoms with Crippen molar-refractivity contribution in [3.63, 3.8) is 0 Å². The molecule has 0 radical (unpaired) electrons.